The van der Waals surface area contributed by atoms with Crippen molar-refractivity contribution in [2.24, 2.45) is 0 Å². The molecule has 0 radical (unpaired) electrons. The normalized spacial score (nSPS) is 15.0. The maximum Gasteiger partial charge on any atom is 0.272 e. The van der Waals surface area contributed by atoms with E-state index in [2.05, 4.69) is 6.92 Å². The second-order valence-electron chi connectivity index (χ2n) is 8.35. The fraction of sp³-hybridized carbons (Fsp3) is 0.393. The number of amides is 2. The molecule has 0 atom stereocenters. The summed E-state index contributed by atoms with van der Waals surface area (Å²) in [6.45, 7) is 6.73. The Morgan fingerprint density at radius 1 is 1.03 bits per heavy atom. The van der Waals surface area contributed by atoms with E-state index in [0.717, 1.165) is 17.7 Å². The molecule has 0 N–H and O–H groups in total. The topological polar surface area (TPSA) is 92.8 Å². The van der Waals surface area contributed by atoms with Crippen LogP contribution in [-0.2, 0) is 16.1 Å². The van der Waals surface area contributed by atoms with Crippen LogP contribution >= 0.6 is 0 Å². The number of hydrogen-bond acceptors (Lipinski definition) is 6. The Morgan fingerprint density at radius 2 is 1.83 bits per heavy atom. The molecule has 2 aromatic rings. The molecule has 2 heterocycles. The van der Waals surface area contributed by atoms with E-state index in [1.807, 2.05) is 31.2 Å². The molecule has 35 heavy (non-hydrogen) atoms. The molecule has 0 saturated heterocycles. The predicted molar refractivity (Wildman–Crippen MR) is 132 cm³/mol. The molecule has 0 spiro atoms. The molecule has 7 heteroatoms. The van der Waals surface area contributed by atoms with E-state index in [0.29, 0.717) is 41.6 Å². The maximum atomic E-state index is 13.3. The summed E-state index contributed by atoms with van der Waals surface area (Å²) < 4.78 is 17.0. The third-order valence-electron chi connectivity index (χ3n) is 5.80. The Labute approximate surface area is 206 Å². The van der Waals surface area contributed by atoms with Gasteiger partial charge in [-0.2, -0.15) is 5.26 Å². The number of benzene rings is 1. The first kappa shape index (κ1) is 25.8. The van der Waals surface area contributed by atoms with Crippen LogP contribution in [0.25, 0.3) is 6.08 Å². The van der Waals surface area contributed by atoms with E-state index >= 15 is 0 Å². The van der Waals surface area contributed by atoms with E-state index in [-0.39, 0.29) is 17.7 Å². The first-order chi connectivity index (χ1) is 17.0. The van der Waals surface area contributed by atoms with Gasteiger partial charge in [-0.1, -0.05) is 38.7 Å². The molecular formula is C28H32N2O5. The van der Waals surface area contributed by atoms with Crippen LogP contribution in [0.1, 0.15) is 64.2 Å². The molecule has 0 aliphatic carbocycles. The Morgan fingerprint density at radius 3 is 2.51 bits per heavy atom. The smallest absolute Gasteiger partial charge is 0.272 e. The van der Waals surface area contributed by atoms with E-state index in [1.54, 1.807) is 25.1 Å². The summed E-state index contributed by atoms with van der Waals surface area (Å²) in [5.41, 5.74) is 1.27. The molecule has 0 fully saturated rings. The van der Waals surface area contributed by atoms with E-state index in [1.165, 1.54) is 25.5 Å². The third kappa shape index (κ3) is 6.42. The van der Waals surface area contributed by atoms with Crippen molar-refractivity contribution >= 4 is 17.9 Å². The zero-order valence-corrected chi connectivity index (χ0v) is 20.6. The highest BCUT2D eigenvalue weighted by Crippen LogP contribution is 2.32. The van der Waals surface area contributed by atoms with Crippen molar-refractivity contribution in [2.75, 3.05) is 13.2 Å². The number of ether oxygens (including phenoxy) is 2. The monoisotopic (exact) mass is 476 g/mol. The second-order valence-corrected chi connectivity index (χ2v) is 8.35. The fourth-order valence-electron chi connectivity index (χ4n) is 3.89. The van der Waals surface area contributed by atoms with Crippen LogP contribution in [0, 0.1) is 11.3 Å². The fourth-order valence-corrected chi connectivity index (χ4v) is 3.89. The number of hydrogen-bond donors (Lipinski definition) is 0. The summed E-state index contributed by atoms with van der Waals surface area (Å²) >= 11 is 0. The molecule has 0 bridgehead atoms. The number of carbonyl (C=O) groups is 2. The van der Waals surface area contributed by atoms with Gasteiger partial charge < -0.3 is 13.9 Å². The van der Waals surface area contributed by atoms with E-state index in [9.17, 15) is 14.9 Å². The number of unbranched alkanes of at least 4 members (excludes halogenated alkanes) is 4. The van der Waals surface area contributed by atoms with Gasteiger partial charge in [-0.15, -0.1) is 0 Å². The first-order valence-electron chi connectivity index (χ1n) is 12.1. The molecule has 0 saturated carbocycles. The molecule has 1 aromatic carbocycles. The van der Waals surface area contributed by atoms with Gasteiger partial charge in [0.25, 0.3) is 11.8 Å². The molecule has 1 aliphatic rings. The van der Waals surface area contributed by atoms with Crippen LogP contribution in [-0.4, -0.2) is 29.9 Å². The van der Waals surface area contributed by atoms with Crippen molar-refractivity contribution in [1.29, 1.82) is 5.26 Å². The Balaban J connectivity index is 1.85. The Kier molecular flexibility index (Phi) is 9.31. The summed E-state index contributed by atoms with van der Waals surface area (Å²) in [6, 6.07) is 10.8. The number of nitrogens with zero attached hydrogens (tertiary/aromatic N) is 2. The highest BCUT2D eigenvalue weighted by atomic mass is 16.5. The molecule has 1 aromatic heterocycles. The highest BCUT2D eigenvalue weighted by Gasteiger charge is 2.36. The number of carbonyl (C=O) groups excluding carboxylic acids is 2. The molecule has 3 rings (SSSR count). The lowest BCUT2D eigenvalue weighted by Crippen LogP contribution is -2.42. The summed E-state index contributed by atoms with van der Waals surface area (Å²) in [4.78, 5) is 27.1. The average molecular weight is 477 g/mol. The minimum atomic E-state index is -0.624. The summed E-state index contributed by atoms with van der Waals surface area (Å²) in [5.74, 6) is 0.593. The van der Waals surface area contributed by atoms with Gasteiger partial charge in [0.2, 0.25) is 0 Å². The van der Waals surface area contributed by atoms with Crippen molar-refractivity contribution in [3.8, 4) is 17.6 Å². The molecule has 0 unspecified atom stereocenters. The van der Waals surface area contributed by atoms with Gasteiger partial charge in [-0.05, 0) is 61.7 Å². The minimum absolute atomic E-state index is 0.0459. The van der Waals surface area contributed by atoms with Crippen LogP contribution in [0.5, 0.6) is 11.5 Å². The van der Waals surface area contributed by atoms with Crippen LogP contribution in [0.4, 0.5) is 0 Å². The van der Waals surface area contributed by atoms with Crippen molar-refractivity contribution in [1.82, 2.24) is 4.90 Å². The van der Waals surface area contributed by atoms with Gasteiger partial charge in [0, 0.05) is 5.57 Å². The second kappa shape index (κ2) is 12.6. The van der Waals surface area contributed by atoms with Crippen LogP contribution in [0.3, 0.4) is 0 Å². The van der Waals surface area contributed by atoms with Gasteiger partial charge in [-0.25, -0.2) is 0 Å². The molecular weight excluding hydrogens is 444 g/mol. The van der Waals surface area contributed by atoms with Gasteiger partial charge in [0.1, 0.15) is 17.4 Å². The standard InChI is InChI=1S/C28H32N2O5/c1-4-6-7-8-9-14-35-25-13-12-21(17-26(25)33-5-2)16-23-20(3)24(18-29)28(32)30(27(23)31)19-22-11-10-15-34-22/h10-13,15-17H,4-9,14,19H2,1-3H3/b23-16+. The van der Waals surface area contributed by atoms with Crippen molar-refractivity contribution in [2.45, 2.75) is 59.4 Å². The SMILES string of the molecule is CCCCCCCOc1ccc(/C=C2/C(=O)N(Cc3ccco3)C(=O)C(C#N)=C2C)cc1OCC. The zero-order valence-electron chi connectivity index (χ0n) is 20.6. The Hall–Kier alpha value is -3.79. The minimum Gasteiger partial charge on any atom is -0.490 e. The molecule has 184 valence electrons. The quantitative estimate of drug-likeness (QED) is 0.218. The Bertz CT molecular complexity index is 1140. The van der Waals surface area contributed by atoms with Gasteiger partial charge in [-0.3, -0.25) is 14.5 Å². The third-order valence-corrected chi connectivity index (χ3v) is 5.80. The number of imide groups is 1. The largest absolute Gasteiger partial charge is 0.490 e. The van der Waals surface area contributed by atoms with Gasteiger partial charge >= 0.3 is 0 Å². The molecule has 7 nitrogen and oxygen atoms in total. The van der Waals surface area contributed by atoms with Crippen LogP contribution < -0.4 is 9.47 Å². The zero-order chi connectivity index (χ0) is 25.2. The summed E-state index contributed by atoms with van der Waals surface area (Å²) in [5, 5.41) is 9.59. The lowest BCUT2D eigenvalue weighted by Gasteiger charge is -2.26. The molecule has 1 aliphatic heterocycles. The van der Waals surface area contributed by atoms with Crippen LogP contribution in [0.2, 0.25) is 0 Å². The van der Waals surface area contributed by atoms with Crippen molar-refractivity contribution in [3.05, 3.63) is 64.6 Å². The predicted octanol–water partition coefficient (Wildman–Crippen LogP) is 5.82. The summed E-state index contributed by atoms with van der Waals surface area (Å²) in [6.07, 6.45) is 8.90. The number of rotatable bonds is 12. The van der Waals surface area contributed by atoms with Crippen molar-refractivity contribution in [3.63, 3.8) is 0 Å². The number of furan rings is 1. The van der Waals surface area contributed by atoms with Crippen molar-refractivity contribution < 1.29 is 23.5 Å². The van der Waals surface area contributed by atoms with Crippen LogP contribution in [0.15, 0.2) is 57.7 Å². The van der Waals surface area contributed by atoms with E-state index < -0.39 is 11.8 Å². The summed E-state index contributed by atoms with van der Waals surface area (Å²) in [7, 11) is 0. The number of nitriles is 1. The highest BCUT2D eigenvalue weighted by molar-refractivity contribution is 6.19. The van der Waals surface area contributed by atoms with E-state index in [4.69, 9.17) is 13.9 Å². The first-order valence-corrected chi connectivity index (χ1v) is 12.1. The average Bonchev–Trinajstić information content (AvgIpc) is 3.37. The lowest BCUT2D eigenvalue weighted by atomic mass is 9.93. The lowest BCUT2D eigenvalue weighted by molar-refractivity contribution is -0.141. The maximum absolute atomic E-state index is 13.3. The van der Waals surface area contributed by atoms with Gasteiger partial charge in [0.05, 0.1) is 26.0 Å². The molecule has 2 amide bonds. The van der Waals surface area contributed by atoms with Gasteiger partial charge in [0.15, 0.2) is 11.5 Å².